The van der Waals surface area contributed by atoms with E-state index in [2.05, 4.69) is 6.58 Å². The summed E-state index contributed by atoms with van der Waals surface area (Å²) in [5, 5.41) is 24.2. The van der Waals surface area contributed by atoms with E-state index in [0.29, 0.717) is 0 Å². The van der Waals surface area contributed by atoms with Crippen molar-refractivity contribution < 1.29 is 108 Å². The molecule has 0 radical (unpaired) electrons. The van der Waals surface area contributed by atoms with Gasteiger partial charge in [0.25, 0.3) is 6.08 Å². The fraction of sp³-hybridized carbons (Fsp3) is 0.625. The molecule has 0 aromatic heterocycles. The molecule has 0 atom stereocenters. The van der Waals surface area contributed by atoms with E-state index in [9.17, 15) is 93.0 Å². The minimum Gasteiger partial charge on any atom is -0.478 e. The highest BCUT2D eigenvalue weighted by Crippen LogP contribution is 2.64. The van der Waals surface area contributed by atoms with Crippen molar-refractivity contribution in [2.75, 3.05) is 6.61 Å². The number of alkyl halides is 17. The number of hydrogen-bond acceptors (Lipinski definition) is 3. The topological polar surface area (TPSA) is 94.8 Å². The third-order valence-electron chi connectivity index (χ3n) is 4.15. The predicted octanol–water partition coefficient (Wildman–Crippen LogP) is 6.24. The molecule has 24 heteroatoms. The van der Waals surface area contributed by atoms with E-state index in [4.69, 9.17) is 15.3 Å². The van der Waals surface area contributed by atoms with Gasteiger partial charge >= 0.3 is 59.6 Å². The minimum absolute atomic E-state index is 0.0486. The van der Waals surface area contributed by atoms with Crippen molar-refractivity contribution in [1.82, 2.24) is 0 Å². The van der Waals surface area contributed by atoms with Crippen molar-refractivity contribution in [3.05, 3.63) is 23.8 Å². The van der Waals surface area contributed by atoms with Crippen LogP contribution in [0.4, 0.5) is 83.4 Å². The molecule has 0 rings (SSSR count). The molecular formula is C16H9F19O5. The number of halogens is 19. The Kier molecular flexibility index (Phi) is 11.3. The van der Waals surface area contributed by atoms with Crippen molar-refractivity contribution in [3.8, 4) is 0 Å². The lowest BCUT2D eigenvalue weighted by atomic mass is 9.87. The largest absolute Gasteiger partial charge is 0.478 e. The van der Waals surface area contributed by atoms with Crippen LogP contribution in [0.15, 0.2) is 23.8 Å². The molecule has 0 fully saturated rings. The van der Waals surface area contributed by atoms with Crippen LogP contribution in [0.2, 0.25) is 0 Å². The van der Waals surface area contributed by atoms with Crippen molar-refractivity contribution in [2.45, 2.75) is 54.1 Å². The fourth-order valence-electron chi connectivity index (χ4n) is 1.90. The van der Waals surface area contributed by atoms with Crippen LogP contribution in [0, 0.1) is 0 Å². The van der Waals surface area contributed by atoms with Gasteiger partial charge in [-0.3, -0.25) is 0 Å². The minimum atomic E-state index is -8.98. The molecule has 0 aliphatic rings. The number of rotatable bonds is 11. The Hall–Kier alpha value is -2.95. The molecule has 0 bridgehead atoms. The Morgan fingerprint density at radius 1 is 0.550 bits per heavy atom. The molecule has 3 N–H and O–H groups in total. The molecule has 0 aromatic rings. The molecule has 0 amide bonds. The van der Waals surface area contributed by atoms with Crippen LogP contribution in [-0.2, 0) is 9.59 Å². The quantitative estimate of drug-likeness (QED) is 0.183. The zero-order valence-corrected chi connectivity index (χ0v) is 18.0. The smallest absolute Gasteiger partial charge is 0.460 e. The number of aliphatic hydroxyl groups is 1. The van der Waals surface area contributed by atoms with E-state index >= 15 is 0 Å². The maximum Gasteiger partial charge on any atom is 0.460 e. The van der Waals surface area contributed by atoms with Gasteiger partial charge in [0.15, 0.2) is 5.57 Å². The van der Waals surface area contributed by atoms with Gasteiger partial charge < -0.3 is 15.3 Å². The van der Waals surface area contributed by atoms with E-state index in [1.54, 1.807) is 0 Å². The van der Waals surface area contributed by atoms with Crippen molar-refractivity contribution in [2.24, 2.45) is 0 Å². The molecule has 0 saturated carbocycles. The molecule has 0 aliphatic carbocycles. The van der Waals surface area contributed by atoms with Gasteiger partial charge in [-0.25, -0.2) is 9.59 Å². The van der Waals surface area contributed by atoms with Gasteiger partial charge in [0.1, 0.15) is 0 Å². The number of aliphatic hydroxyl groups excluding tert-OH is 1. The van der Waals surface area contributed by atoms with E-state index in [0.717, 1.165) is 0 Å². The standard InChI is InChI=1S/C11HF19O2.C5H8O3/c12-2(13)1(3(31)32)4(14,15)5(16,17)6(18,19)7(20,21)8(22,23)9(24,25)10(26,27)11(28,29)30;1-4(2-3-6)5(7)8/h(H,31,32);6H,1-3H2,(H,7,8). The van der Waals surface area contributed by atoms with E-state index in [1.807, 2.05) is 0 Å². The Morgan fingerprint density at radius 3 is 1.05 bits per heavy atom. The molecule has 236 valence electrons. The number of carbonyl (C=O) groups is 2. The second-order valence-corrected chi connectivity index (χ2v) is 6.84. The zero-order valence-electron chi connectivity index (χ0n) is 18.0. The van der Waals surface area contributed by atoms with Crippen LogP contribution < -0.4 is 0 Å². The highest BCUT2D eigenvalue weighted by atomic mass is 19.4. The van der Waals surface area contributed by atoms with Crippen LogP contribution in [0.5, 0.6) is 0 Å². The first-order chi connectivity index (χ1) is 17.2. The Labute approximate surface area is 206 Å². The van der Waals surface area contributed by atoms with Gasteiger partial charge in [0.05, 0.1) is 0 Å². The summed E-state index contributed by atoms with van der Waals surface area (Å²) in [5.41, 5.74) is -4.40. The molecule has 5 nitrogen and oxygen atoms in total. The molecular weight excluding hydrogens is 633 g/mol. The molecule has 40 heavy (non-hydrogen) atoms. The molecule has 0 aromatic carbocycles. The van der Waals surface area contributed by atoms with Crippen LogP contribution in [0.25, 0.3) is 0 Å². The third-order valence-corrected chi connectivity index (χ3v) is 4.15. The van der Waals surface area contributed by atoms with Gasteiger partial charge in [-0.1, -0.05) is 6.58 Å². The van der Waals surface area contributed by atoms with E-state index < -0.39 is 71.2 Å². The highest BCUT2D eigenvalue weighted by Gasteiger charge is 2.95. The average molecular weight is 642 g/mol. The first kappa shape index (κ1) is 39.2. The molecule has 0 aliphatic heterocycles. The van der Waals surface area contributed by atoms with Crippen LogP contribution in [0.1, 0.15) is 6.42 Å². The van der Waals surface area contributed by atoms with Gasteiger partial charge in [0, 0.05) is 18.6 Å². The van der Waals surface area contributed by atoms with Crippen molar-refractivity contribution in [3.63, 3.8) is 0 Å². The number of carboxylic acids is 2. The second kappa shape index (κ2) is 11.5. The molecule has 0 spiro atoms. The SMILES string of the molecule is C=C(CCO)C(=O)O.O=C(O)C(=C(F)F)C(F)(F)C(F)(F)C(F)(F)C(F)(F)C(F)(F)C(F)(F)C(F)(F)C(F)(F)F. The third kappa shape index (κ3) is 6.19. The fourth-order valence-corrected chi connectivity index (χ4v) is 1.90. The summed E-state index contributed by atoms with van der Waals surface area (Å²) in [5.74, 6) is -65.3. The Morgan fingerprint density at radius 2 is 0.850 bits per heavy atom. The van der Waals surface area contributed by atoms with Crippen LogP contribution >= 0.6 is 0 Å². The maximum absolute atomic E-state index is 13.3. The summed E-state index contributed by atoms with van der Waals surface area (Å²) in [6, 6.07) is 0. The summed E-state index contributed by atoms with van der Waals surface area (Å²) in [4.78, 5) is 20.0. The Bertz CT molecular complexity index is 991. The van der Waals surface area contributed by atoms with Gasteiger partial charge in [-0.15, -0.1) is 0 Å². The Balaban J connectivity index is 0. The first-order valence-electron chi connectivity index (χ1n) is 8.72. The van der Waals surface area contributed by atoms with Gasteiger partial charge in [-0.2, -0.15) is 83.4 Å². The lowest BCUT2D eigenvalue weighted by molar-refractivity contribution is -0.460. The lowest BCUT2D eigenvalue weighted by Crippen LogP contribution is -2.74. The van der Waals surface area contributed by atoms with Crippen LogP contribution in [-0.4, -0.2) is 81.5 Å². The zero-order chi connectivity index (χ0) is 33.3. The maximum atomic E-state index is 13.3. The van der Waals surface area contributed by atoms with Crippen molar-refractivity contribution >= 4 is 11.9 Å². The number of aliphatic carboxylic acids is 2. The lowest BCUT2D eigenvalue weighted by Gasteiger charge is -2.42. The average Bonchev–Trinajstić information content (AvgIpc) is 2.71. The summed E-state index contributed by atoms with van der Waals surface area (Å²) in [6.07, 6.45) is -12.3. The summed E-state index contributed by atoms with van der Waals surface area (Å²) in [7, 11) is 0. The van der Waals surface area contributed by atoms with Crippen molar-refractivity contribution in [1.29, 1.82) is 0 Å². The van der Waals surface area contributed by atoms with E-state index in [1.165, 1.54) is 0 Å². The normalized spacial score (nSPS) is 14.2. The highest BCUT2D eigenvalue weighted by molar-refractivity contribution is 5.89. The second-order valence-electron chi connectivity index (χ2n) is 6.84. The van der Waals surface area contributed by atoms with Gasteiger partial charge in [-0.05, 0) is 0 Å². The van der Waals surface area contributed by atoms with Crippen LogP contribution in [0.3, 0.4) is 0 Å². The molecule has 0 heterocycles. The first-order valence-corrected chi connectivity index (χ1v) is 8.72. The summed E-state index contributed by atoms with van der Waals surface area (Å²) in [6.45, 7) is 3.04. The monoisotopic (exact) mass is 642 g/mol. The summed E-state index contributed by atoms with van der Waals surface area (Å²) >= 11 is 0. The van der Waals surface area contributed by atoms with E-state index in [-0.39, 0.29) is 18.6 Å². The number of carboxylic acid groups (broad SMARTS) is 2. The molecule has 0 unspecified atom stereocenters. The summed E-state index contributed by atoms with van der Waals surface area (Å²) < 4.78 is 243. The number of hydrogen-bond donors (Lipinski definition) is 3. The van der Waals surface area contributed by atoms with Gasteiger partial charge in [0.2, 0.25) is 0 Å². The molecule has 0 saturated heterocycles. The predicted molar refractivity (Wildman–Crippen MR) is 86.0 cm³/mol.